The Bertz CT molecular complexity index is 121. The van der Waals surface area contributed by atoms with E-state index >= 15 is 0 Å². The molecule has 11 heavy (non-hydrogen) atoms. The molecule has 2 nitrogen and oxygen atoms in total. The number of carbonyl (C=O) groups is 1. The Kier molecular flexibility index (Phi) is 13.4. The summed E-state index contributed by atoms with van der Waals surface area (Å²) >= 11 is 0. The molecule has 0 saturated heterocycles. The molecular formula is C9H16O2. The Labute approximate surface area is 68.2 Å². The molecule has 0 aliphatic carbocycles. The second-order valence-corrected chi connectivity index (χ2v) is 1.70. The van der Waals surface area contributed by atoms with Gasteiger partial charge < -0.3 is 9.21 Å². The number of rotatable bonds is 0. The predicted molar refractivity (Wildman–Crippen MR) is 46.4 cm³/mol. The van der Waals surface area contributed by atoms with Crippen molar-refractivity contribution in [3.05, 3.63) is 24.7 Å². The zero-order valence-electron chi connectivity index (χ0n) is 7.63. The first-order valence-electron chi connectivity index (χ1n) is 3.68. The van der Waals surface area contributed by atoms with Gasteiger partial charge in [-0.25, -0.2) is 0 Å². The minimum atomic E-state index is 0.167. The minimum Gasteiger partial charge on any atom is -0.473 e. The number of Topliss-reactive ketones (excluding diaryl/α,β-unsaturated/α-hetero) is 1. The summed E-state index contributed by atoms with van der Waals surface area (Å²) in [6, 6.07) is 3.67. The highest BCUT2D eigenvalue weighted by Gasteiger charge is 1.62. The van der Waals surface area contributed by atoms with Crippen LogP contribution < -0.4 is 0 Å². The zero-order chi connectivity index (χ0) is 9.11. The molecule has 0 saturated carbocycles. The highest BCUT2D eigenvalue weighted by molar-refractivity contribution is 5.72. The largest absolute Gasteiger partial charge is 0.473 e. The molecule has 1 aromatic rings. The van der Waals surface area contributed by atoms with E-state index in [0.29, 0.717) is 0 Å². The van der Waals surface area contributed by atoms with Crippen molar-refractivity contribution in [3.8, 4) is 0 Å². The maximum Gasteiger partial charge on any atom is 0.126 e. The predicted octanol–water partition coefficient (Wildman–Crippen LogP) is 2.90. The van der Waals surface area contributed by atoms with Gasteiger partial charge in [-0.3, -0.25) is 0 Å². The van der Waals surface area contributed by atoms with Gasteiger partial charge in [0.05, 0.1) is 12.5 Å². The molecule has 0 spiro atoms. The van der Waals surface area contributed by atoms with Crippen LogP contribution in [0.25, 0.3) is 0 Å². The van der Waals surface area contributed by atoms with Crippen LogP contribution in [0.5, 0.6) is 0 Å². The third kappa shape index (κ3) is 27.7. The van der Waals surface area contributed by atoms with Gasteiger partial charge in [0, 0.05) is 0 Å². The molecule has 0 radical (unpaired) electrons. The van der Waals surface area contributed by atoms with E-state index in [9.17, 15) is 4.79 Å². The third-order valence-electron chi connectivity index (χ3n) is 0.425. The number of furan rings is 1. The van der Waals surface area contributed by atoms with Gasteiger partial charge in [-0.2, -0.15) is 0 Å². The van der Waals surface area contributed by atoms with Crippen LogP contribution in [0.2, 0.25) is 0 Å². The number of hydrogen-bond acceptors (Lipinski definition) is 2. The van der Waals surface area contributed by atoms with Gasteiger partial charge in [0.1, 0.15) is 5.78 Å². The van der Waals surface area contributed by atoms with Crippen molar-refractivity contribution in [3.63, 3.8) is 0 Å². The van der Waals surface area contributed by atoms with Gasteiger partial charge in [0.2, 0.25) is 0 Å². The summed E-state index contributed by atoms with van der Waals surface area (Å²) in [5, 5.41) is 0. The molecule has 0 unspecified atom stereocenters. The van der Waals surface area contributed by atoms with Crippen LogP contribution in [0, 0.1) is 0 Å². The molecule has 0 amide bonds. The van der Waals surface area contributed by atoms with Crippen molar-refractivity contribution < 1.29 is 9.21 Å². The lowest BCUT2D eigenvalue weighted by atomic mass is 10.6. The highest BCUT2D eigenvalue weighted by Crippen LogP contribution is 1.79. The average molecular weight is 156 g/mol. The zero-order valence-corrected chi connectivity index (χ0v) is 7.63. The molecular weight excluding hydrogens is 140 g/mol. The van der Waals surface area contributed by atoms with E-state index in [0.717, 1.165) is 0 Å². The lowest BCUT2D eigenvalue weighted by molar-refractivity contribution is -0.114. The van der Waals surface area contributed by atoms with Gasteiger partial charge in [-0.15, -0.1) is 0 Å². The Morgan fingerprint density at radius 3 is 1.45 bits per heavy atom. The highest BCUT2D eigenvalue weighted by atomic mass is 16.3. The minimum absolute atomic E-state index is 0.167. The van der Waals surface area contributed by atoms with Crippen molar-refractivity contribution in [2.75, 3.05) is 0 Å². The van der Waals surface area contributed by atoms with Gasteiger partial charge >= 0.3 is 0 Å². The summed E-state index contributed by atoms with van der Waals surface area (Å²) in [7, 11) is 0. The molecule has 0 aliphatic heterocycles. The van der Waals surface area contributed by atoms with Crippen molar-refractivity contribution in [1.29, 1.82) is 0 Å². The maximum absolute atomic E-state index is 9.44. The van der Waals surface area contributed by atoms with Crippen molar-refractivity contribution in [2.24, 2.45) is 0 Å². The second-order valence-electron chi connectivity index (χ2n) is 1.70. The smallest absolute Gasteiger partial charge is 0.126 e. The average Bonchev–Trinajstić information content (AvgIpc) is 2.44. The van der Waals surface area contributed by atoms with Gasteiger partial charge in [0.15, 0.2) is 0 Å². The summed E-state index contributed by atoms with van der Waals surface area (Å²) in [4.78, 5) is 9.44. The van der Waals surface area contributed by atoms with Crippen LogP contribution in [0.15, 0.2) is 29.1 Å². The fraction of sp³-hybridized carbons (Fsp3) is 0.444. The normalized spacial score (nSPS) is 6.55. The molecule has 1 heterocycles. The quantitative estimate of drug-likeness (QED) is 0.578. The van der Waals surface area contributed by atoms with Crippen LogP contribution in [-0.2, 0) is 4.79 Å². The van der Waals surface area contributed by atoms with Crippen molar-refractivity contribution in [1.82, 2.24) is 0 Å². The van der Waals surface area contributed by atoms with E-state index in [1.54, 1.807) is 12.5 Å². The van der Waals surface area contributed by atoms with Crippen molar-refractivity contribution >= 4 is 5.78 Å². The van der Waals surface area contributed by atoms with Crippen molar-refractivity contribution in [2.45, 2.75) is 27.7 Å². The maximum atomic E-state index is 9.44. The van der Waals surface area contributed by atoms with Crippen LogP contribution in [0.4, 0.5) is 0 Å². The van der Waals surface area contributed by atoms with E-state index in [1.807, 2.05) is 26.0 Å². The lowest BCUT2D eigenvalue weighted by Crippen LogP contribution is -1.69. The second kappa shape index (κ2) is 11.7. The van der Waals surface area contributed by atoms with Crippen LogP contribution in [0.3, 0.4) is 0 Å². The molecule has 1 rings (SSSR count). The summed E-state index contributed by atoms with van der Waals surface area (Å²) in [5.41, 5.74) is 0. The van der Waals surface area contributed by atoms with E-state index in [-0.39, 0.29) is 5.78 Å². The van der Waals surface area contributed by atoms with E-state index in [1.165, 1.54) is 13.8 Å². The number of carbonyl (C=O) groups excluding carboxylic acids is 1. The van der Waals surface area contributed by atoms with Gasteiger partial charge in [0.25, 0.3) is 0 Å². The molecule has 2 heteroatoms. The van der Waals surface area contributed by atoms with Crippen LogP contribution in [0.1, 0.15) is 27.7 Å². The third-order valence-corrected chi connectivity index (χ3v) is 0.425. The first-order valence-corrected chi connectivity index (χ1v) is 3.68. The molecule has 0 aliphatic rings. The molecule has 1 aromatic heterocycles. The van der Waals surface area contributed by atoms with Gasteiger partial charge in [-0.1, -0.05) is 13.8 Å². The molecule has 0 fully saturated rings. The Morgan fingerprint density at radius 2 is 1.36 bits per heavy atom. The molecule has 0 bridgehead atoms. The number of hydrogen-bond donors (Lipinski definition) is 0. The first kappa shape index (κ1) is 12.6. The monoisotopic (exact) mass is 156 g/mol. The Hall–Kier alpha value is -1.05. The summed E-state index contributed by atoms with van der Waals surface area (Å²) in [6.45, 7) is 7.06. The fourth-order valence-corrected chi connectivity index (χ4v) is 0.227. The van der Waals surface area contributed by atoms with E-state index < -0.39 is 0 Å². The van der Waals surface area contributed by atoms with E-state index in [2.05, 4.69) is 4.42 Å². The molecule has 0 aromatic carbocycles. The summed E-state index contributed by atoms with van der Waals surface area (Å²) in [5.74, 6) is 0.167. The summed E-state index contributed by atoms with van der Waals surface area (Å²) in [6.07, 6.45) is 3.25. The number of ketones is 1. The molecule has 0 N–H and O–H groups in total. The van der Waals surface area contributed by atoms with Crippen LogP contribution >= 0.6 is 0 Å². The Balaban J connectivity index is 0. The summed E-state index contributed by atoms with van der Waals surface area (Å²) < 4.78 is 4.58. The van der Waals surface area contributed by atoms with Gasteiger partial charge in [-0.05, 0) is 26.0 Å². The Morgan fingerprint density at radius 1 is 1.09 bits per heavy atom. The molecule has 0 atom stereocenters. The van der Waals surface area contributed by atoms with E-state index in [4.69, 9.17) is 0 Å². The topological polar surface area (TPSA) is 30.2 Å². The SMILES string of the molecule is CC.CC(C)=O.c1ccoc1. The molecule has 64 valence electrons. The first-order chi connectivity index (χ1) is 5.23. The fourth-order valence-electron chi connectivity index (χ4n) is 0.227. The standard InChI is InChI=1S/C4H4O.C3H6O.C2H6/c1-2-4-5-3-1;1-3(2)4;1-2/h1-4H;1-2H3;1-2H3. The lowest BCUT2D eigenvalue weighted by Gasteiger charge is -1.56. The van der Waals surface area contributed by atoms with Crippen LogP contribution in [-0.4, -0.2) is 5.78 Å².